The van der Waals surface area contributed by atoms with Gasteiger partial charge in [-0.2, -0.15) is 0 Å². The van der Waals surface area contributed by atoms with Crippen molar-refractivity contribution in [3.63, 3.8) is 0 Å². The lowest BCUT2D eigenvalue weighted by atomic mass is 10.00. The molecule has 2 aliphatic heterocycles. The molecule has 0 radical (unpaired) electrons. The van der Waals surface area contributed by atoms with E-state index in [-0.39, 0.29) is 12.5 Å². The number of β-amino-alcohol motifs (C(OH)–C–C–N with tert-alkyl or cyclic N) is 1. The number of carbonyl (C=O) groups excluding carboxylic acids is 1. The molecule has 1 amide bonds. The third-order valence-electron chi connectivity index (χ3n) is 6.17. The molecule has 6 nitrogen and oxygen atoms in total. The van der Waals surface area contributed by atoms with Crippen LogP contribution in [0.5, 0.6) is 0 Å². The van der Waals surface area contributed by atoms with E-state index >= 15 is 0 Å². The van der Waals surface area contributed by atoms with Crippen LogP contribution in [0.4, 0.5) is 5.69 Å². The molecule has 160 valence electrons. The van der Waals surface area contributed by atoms with Crippen molar-refractivity contribution in [2.45, 2.75) is 31.5 Å². The van der Waals surface area contributed by atoms with Crippen LogP contribution in [0.15, 0.2) is 48.5 Å². The van der Waals surface area contributed by atoms with Gasteiger partial charge in [-0.15, -0.1) is 0 Å². The highest BCUT2D eigenvalue weighted by Gasteiger charge is 2.21. The molecule has 2 aromatic carbocycles. The topological polar surface area (TPSA) is 65.0 Å². The lowest BCUT2D eigenvalue weighted by Gasteiger charge is -2.30. The molecule has 1 saturated heterocycles. The van der Waals surface area contributed by atoms with E-state index in [4.69, 9.17) is 4.74 Å². The molecule has 30 heavy (non-hydrogen) atoms. The molecule has 2 unspecified atom stereocenters. The van der Waals surface area contributed by atoms with E-state index in [2.05, 4.69) is 46.4 Å². The summed E-state index contributed by atoms with van der Waals surface area (Å²) in [4.78, 5) is 16.9. The van der Waals surface area contributed by atoms with E-state index in [1.165, 1.54) is 11.1 Å². The van der Waals surface area contributed by atoms with Crippen molar-refractivity contribution in [1.29, 1.82) is 0 Å². The van der Waals surface area contributed by atoms with Gasteiger partial charge in [0.15, 0.2) is 0 Å². The average molecular weight is 410 g/mol. The Balaban J connectivity index is 1.24. The van der Waals surface area contributed by atoms with Crippen LogP contribution in [-0.2, 0) is 17.7 Å². The second-order valence-electron chi connectivity index (χ2n) is 8.29. The molecular formula is C24H31N3O3. The smallest absolute Gasteiger partial charge is 0.251 e. The summed E-state index contributed by atoms with van der Waals surface area (Å²) in [5, 5.41) is 13.3. The van der Waals surface area contributed by atoms with Crippen LogP contribution in [0.25, 0.3) is 0 Å². The summed E-state index contributed by atoms with van der Waals surface area (Å²) in [5.74, 6) is -0.156. The number of amides is 1. The highest BCUT2D eigenvalue weighted by molar-refractivity contribution is 5.94. The third-order valence-corrected chi connectivity index (χ3v) is 6.17. The van der Waals surface area contributed by atoms with Crippen LogP contribution in [0.2, 0.25) is 0 Å². The Labute approximate surface area is 178 Å². The third kappa shape index (κ3) is 5.01. The summed E-state index contributed by atoms with van der Waals surface area (Å²) in [6.45, 7) is 4.14. The zero-order valence-electron chi connectivity index (χ0n) is 17.6. The second kappa shape index (κ2) is 9.60. The Morgan fingerprint density at radius 1 is 1.23 bits per heavy atom. The molecule has 0 bridgehead atoms. The largest absolute Gasteiger partial charge is 0.390 e. The summed E-state index contributed by atoms with van der Waals surface area (Å²) >= 11 is 0. The first kappa shape index (κ1) is 20.8. The molecule has 2 aliphatic rings. The van der Waals surface area contributed by atoms with Crippen molar-refractivity contribution in [3.8, 4) is 0 Å². The molecule has 2 atom stereocenters. The molecule has 0 spiro atoms. The Hall–Kier alpha value is -2.41. The van der Waals surface area contributed by atoms with Gasteiger partial charge in [0.2, 0.25) is 0 Å². The van der Waals surface area contributed by atoms with E-state index in [9.17, 15) is 9.90 Å². The van der Waals surface area contributed by atoms with Gasteiger partial charge in [0, 0.05) is 51.1 Å². The molecule has 6 heteroatoms. The van der Waals surface area contributed by atoms with Gasteiger partial charge in [-0.05, 0) is 48.2 Å². The number of aliphatic hydroxyl groups is 1. The number of nitrogens with zero attached hydrogens (tertiary/aromatic N) is 2. The van der Waals surface area contributed by atoms with Crippen molar-refractivity contribution >= 4 is 11.6 Å². The van der Waals surface area contributed by atoms with Crippen molar-refractivity contribution in [1.82, 2.24) is 10.2 Å². The highest BCUT2D eigenvalue weighted by Crippen LogP contribution is 2.21. The predicted molar refractivity (Wildman–Crippen MR) is 118 cm³/mol. The first-order valence-electron chi connectivity index (χ1n) is 10.8. The molecule has 0 aromatic heterocycles. The van der Waals surface area contributed by atoms with E-state index in [1.54, 1.807) is 0 Å². The Morgan fingerprint density at radius 2 is 2.00 bits per heavy atom. The van der Waals surface area contributed by atoms with Crippen LogP contribution >= 0.6 is 0 Å². The maximum Gasteiger partial charge on any atom is 0.251 e. The summed E-state index contributed by atoms with van der Waals surface area (Å²) < 4.78 is 5.45. The van der Waals surface area contributed by atoms with Crippen LogP contribution in [-0.4, -0.2) is 68.0 Å². The van der Waals surface area contributed by atoms with Gasteiger partial charge in [0.25, 0.3) is 5.91 Å². The zero-order valence-corrected chi connectivity index (χ0v) is 17.6. The van der Waals surface area contributed by atoms with E-state index in [0.717, 1.165) is 44.8 Å². The van der Waals surface area contributed by atoms with Gasteiger partial charge in [0.05, 0.1) is 18.8 Å². The fraction of sp³-hybridized carbons (Fsp3) is 0.458. The minimum absolute atomic E-state index is 0.156. The van der Waals surface area contributed by atoms with Crippen molar-refractivity contribution < 1.29 is 14.6 Å². The van der Waals surface area contributed by atoms with Crippen LogP contribution in [0.3, 0.4) is 0 Å². The number of anilines is 1. The predicted octanol–water partition coefficient (Wildman–Crippen LogP) is 2.06. The van der Waals surface area contributed by atoms with Crippen LogP contribution in [0, 0.1) is 0 Å². The molecular weight excluding hydrogens is 378 g/mol. The Bertz CT molecular complexity index is 849. The summed E-state index contributed by atoms with van der Waals surface area (Å²) in [6, 6.07) is 16.5. The minimum Gasteiger partial charge on any atom is -0.390 e. The number of hydrogen-bond acceptors (Lipinski definition) is 5. The molecule has 4 rings (SSSR count). The molecule has 2 heterocycles. The zero-order chi connectivity index (χ0) is 20.9. The fourth-order valence-corrected chi connectivity index (χ4v) is 4.27. The maximum absolute atomic E-state index is 12.5. The van der Waals surface area contributed by atoms with Gasteiger partial charge in [-0.1, -0.05) is 24.3 Å². The Morgan fingerprint density at radius 3 is 2.73 bits per heavy atom. The quantitative estimate of drug-likeness (QED) is 0.733. The van der Waals surface area contributed by atoms with Gasteiger partial charge >= 0.3 is 0 Å². The number of hydrogen-bond donors (Lipinski definition) is 2. The fourth-order valence-electron chi connectivity index (χ4n) is 4.27. The number of rotatable bonds is 7. The van der Waals surface area contributed by atoms with Crippen molar-refractivity contribution in [2.75, 3.05) is 44.8 Å². The van der Waals surface area contributed by atoms with E-state index in [0.29, 0.717) is 18.2 Å². The second-order valence-corrected chi connectivity index (χ2v) is 8.29. The number of fused-ring (bicyclic) bond motifs is 1. The number of aliphatic hydroxyl groups excluding tert-OH is 1. The standard InChI is InChI=1S/C24H31N3O3/c1-26(22-11-13-30-17-22)21-8-6-19(7-9-21)24(29)25-14-23(28)16-27-12-10-18-4-2-3-5-20(18)15-27/h2-9,22-23,28H,10-17H2,1H3,(H,25,29). The maximum atomic E-state index is 12.5. The first-order valence-corrected chi connectivity index (χ1v) is 10.8. The lowest BCUT2D eigenvalue weighted by molar-refractivity contribution is 0.0842. The van der Waals surface area contributed by atoms with Gasteiger partial charge in [-0.25, -0.2) is 0 Å². The summed E-state index contributed by atoms with van der Waals surface area (Å²) in [6.07, 6.45) is 1.44. The van der Waals surface area contributed by atoms with Crippen molar-refractivity contribution in [3.05, 3.63) is 65.2 Å². The number of carbonyl (C=O) groups is 1. The number of nitrogens with one attached hydrogen (secondary N) is 1. The molecule has 2 aromatic rings. The molecule has 1 fully saturated rings. The first-order chi connectivity index (χ1) is 14.6. The molecule has 0 aliphatic carbocycles. The van der Waals surface area contributed by atoms with Crippen LogP contribution in [0.1, 0.15) is 27.9 Å². The van der Waals surface area contributed by atoms with Gasteiger partial charge < -0.3 is 20.1 Å². The SMILES string of the molecule is CN(c1ccc(C(=O)NCC(O)CN2CCc3ccccc3C2)cc1)C1CCOC1. The molecule has 2 N–H and O–H groups in total. The minimum atomic E-state index is -0.591. The lowest BCUT2D eigenvalue weighted by Crippen LogP contribution is -2.42. The highest BCUT2D eigenvalue weighted by atomic mass is 16.5. The Kier molecular flexibility index (Phi) is 6.67. The molecule has 0 saturated carbocycles. The normalized spacial score (nSPS) is 19.9. The number of likely N-dealkylation sites (N-methyl/N-ethyl adjacent to an activating group) is 1. The average Bonchev–Trinajstić information content (AvgIpc) is 3.32. The van der Waals surface area contributed by atoms with E-state index in [1.807, 2.05) is 24.3 Å². The van der Waals surface area contributed by atoms with E-state index < -0.39 is 6.10 Å². The summed E-state index contributed by atoms with van der Waals surface area (Å²) in [7, 11) is 2.06. The monoisotopic (exact) mass is 409 g/mol. The summed E-state index contributed by atoms with van der Waals surface area (Å²) in [5.41, 5.74) is 4.40. The number of benzene rings is 2. The van der Waals surface area contributed by atoms with Gasteiger partial charge in [-0.3, -0.25) is 9.69 Å². The van der Waals surface area contributed by atoms with Crippen LogP contribution < -0.4 is 10.2 Å². The number of ether oxygens (including phenoxy) is 1. The van der Waals surface area contributed by atoms with Crippen molar-refractivity contribution in [2.24, 2.45) is 0 Å². The van der Waals surface area contributed by atoms with Gasteiger partial charge in [0.1, 0.15) is 0 Å².